The van der Waals surface area contributed by atoms with Crippen LogP contribution < -0.4 is 0 Å². The first-order valence-corrected chi connectivity index (χ1v) is 5.02. The third kappa shape index (κ3) is 3.81. The van der Waals surface area contributed by atoms with Crippen molar-refractivity contribution in [3.05, 3.63) is 0 Å². The van der Waals surface area contributed by atoms with E-state index in [1.165, 1.54) is 13.8 Å². The smallest absolute Gasteiger partial charge is 0.305 e. The molecule has 0 aliphatic heterocycles. The van der Waals surface area contributed by atoms with Crippen molar-refractivity contribution in [1.82, 2.24) is 0 Å². The fourth-order valence-electron chi connectivity index (χ4n) is 1.19. The van der Waals surface area contributed by atoms with Crippen LogP contribution >= 0.6 is 0 Å². The Morgan fingerprint density at radius 2 is 1.60 bits per heavy atom. The third-order valence-corrected chi connectivity index (χ3v) is 2.69. The summed E-state index contributed by atoms with van der Waals surface area (Å²) in [4.78, 5) is 33.7. The predicted molar refractivity (Wildman–Crippen MR) is 55.3 cm³/mol. The van der Waals surface area contributed by atoms with E-state index in [0.717, 1.165) is 0 Å². The number of hydrogen-bond acceptors (Lipinski definition) is 4. The lowest BCUT2D eigenvalue weighted by molar-refractivity contribution is -0.145. The van der Waals surface area contributed by atoms with Crippen molar-refractivity contribution >= 4 is 17.5 Å². The molecule has 0 bridgehead atoms. The average molecular weight is 214 g/mol. The van der Waals surface area contributed by atoms with Gasteiger partial charge < -0.3 is 4.74 Å². The maximum atomic E-state index is 11.3. The Bertz CT molecular complexity index is 254. The molecule has 0 spiro atoms. The molecule has 0 aliphatic rings. The van der Waals surface area contributed by atoms with Crippen LogP contribution in [0.2, 0.25) is 0 Å². The highest BCUT2D eigenvalue weighted by Gasteiger charge is 2.35. The van der Waals surface area contributed by atoms with Crippen LogP contribution in [0.25, 0.3) is 0 Å². The molecule has 0 aliphatic carbocycles. The first-order valence-electron chi connectivity index (χ1n) is 5.02. The summed E-state index contributed by atoms with van der Waals surface area (Å²) in [6.07, 6.45) is 0.319. The van der Waals surface area contributed by atoms with Crippen LogP contribution in [0.1, 0.15) is 40.5 Å². The lowest BCUT2D eigenvalue weighted by atomic mass is 9.78. The van der Waals surface area contributed by atoms with Crippen molar-refractivity contribution in [3.63, 3.8) is 0 Å². The Morgan fingerprint density at radius 3 is 1.93 bits per heavy atom. The minimum atomic E-state index is -1.05. The zero-order chi connectivity index (χ0) is 12.1. The summed E-state index contributed by atoms with van der Waals surface area (Å²) in [7, 11) is 0. The van der Waals surface area contributed by atoms with Crippen molar-refractivity contribution in [1.29, 1.82) is 0 Å². The Balaban J connectivity index is 4.39. The van der Waals surface area contributed by atoms with Gasteiger partial charge in [0.25, 0.3) is 0 Å². The van der Waals surface area contributed by atoms with Gasteiger partial charge in [0.2, 0.25) is 0 Å². The fourth-order valence-corrected chi connectivity index (χ4v) is 1.19. The molecular formula is C11H18O4. The van der Waals surface area contributed by atoms with Gasteiger partial charge in [-0.05, 0) is 34.1 Å². The molecule has 0 unspecified atom stereocenters. The average Bonchev–Trinajstić information content (AvgIpc) is 2.14. The topological polar surface area (TPSA) is 60.4 Å². The minimum absolute atomic E-state index is 0.101. The maximum absolute atomic E-state index is 11.3. The van der Waals surface area contributed by atoms with Crippen molar-refractivity contribution < 1.29 is 19.1 Å². The van der Waals surface area contributed by atoms with Crippen molar-refractivity contribution in [2.45, 2.75) is 40.5 Å². The van der Waals surface area contributed by atoms with Crippen LogP contribution in [0.3, 0.4) is 0 Å². The zero-order valence-electron chi connectivity index (χ0n) is 9.75. The SMILES string of the molecule is CCOC(=O)CCC(C)(C(C)=O)C(C)=O. The number of ether oxygens (including phenoxy) is 1. The Kier molecular flexibility index (Phi) is 5.19. The van der Waals surface area contributed by atoms with Gasteiger partial charge in [-0.2, -0.15) is 0 Å². The molecule has 0 atom stereocenters. The van der Waals surface area contributed by atoms with Gasteiger partial charge in [0.1, 0.15) is 11.6 Å². The predicted octanol–water partition coefficient (Wildman–Crippen LogP) is 1.51. The molecule has 0 aromatic heterocycles. The standard InChI is InChI=1S/C11H18O4/c1-5-15-10(14)6-7-11(4,8(2)12)9(3)13/h5-7H2,1-4H3. The van der Waals surface area contributed by atoms with E-state index in [1.807, 2.05) is 0 Å². The molecule has 0 radical (unpaired) electrons. The van der Waals surface area contributed by atoms with Crippen LogP contribution in [0.15, 0.2) is 0 Å². The number of carbonyl (C=O) groups is 3. The highest BCUT2D eigenvalue weighted by Crippen LogP contribution is 2.25. The number of carbonyl (C=O) groups excluding carboxylic acids is 3. The molecule has 0 aromatic rings. The molecule has 0 N–H and O–H groups in total. The Morgan fingerprint density at radius 1 is 1.13 bits per heavy atom. The van der Waals surface area contributed by atoms with E-state index in [1.54, 1.807) is 13.8 Å². The van der Waals surface area contributed by atoms with E-state index in [2.05, 4.69) is 0 Å². The summed E-state index contributed by atoms with van der Waals surface area (Å²) in [5.41, 5.74) is -1.05. The van der Waals surface area contributed by atoms with Gasteiger partial charge in [-0.3, -0.25) is 14.4 Å². The maximum Gasteiger partial charge on any atom is 0.305 e. The molecule has 0 aromatic carbocycles. The molecular weight excluding hydrogens is 196 g/mol. The van der Waals surface area contributed by atoms with Crippen molar-refractivity contribution in [2.75, 3.05) is 6.61 Å². The molecule has 15 heavy (non-hydrogen) atoms. The highest BCUT2D eigenvalue weighted by molar-refractivity contribution is 6.04. The molecule has 86 valence electrons. The summed E-state index contributed by atoms with van der Waals surface area (Å²) >= 11 is 0. The van der Waals surface area contributed by atoms with Gasteiger partial charge in [-0.1, -0.05) is 0 Å². The van der Waals surface area contributed by atoms with Crippen LogP contribution in [0.5, 0.6) is 0 Å². The van der Waals surface area contributed by atoms with Crippen molar-refractivity contribution in [2.24, 2.45) is 5.41 Å². The molecule has 0 saturated heterocycles. The second-order valence-electron chi connectivity index (χ2n) is 3.75. The van der Waals surface area contributed by atoms with E-state index in [0.29, 0.717) is 6.61 Å². The van der Waals surface area contributed by atoms with Crippen LogP contribution in [0, 0.1) is 5.41 Å². The normalized spacial score (nSPS) is 10.9. The largest absolute Gasteiger partial charge is 0.466 e. The Hall–Kier alpha value is -1.19. The zero-order valence-corrected chi connectivity index (χ0v) is 9.75. The summed E-state index contributed by atoms with van der Waals surface area (Å²) < 4.78 is 4.74. The quantitative estimate of drug-likeness (QED) is 0.496. The molecule has 0 rings (SSSR count). The Labute approximate surface area is 90.0 Å². The second kappa shape index (κ2) is 5.63. The van der Waals surface area contributed by atoms with E-state index >= 15 is 0 Å². The van der Waals surface area contributed by atoms with E-state index in [4.69, 9.17) is 4.74 Å². The lowest BCUT2D eigenvalue weighted by Gasteiger charge is -2.22. The first kappa shape index (κ1) is 13.8. The van der Waals surface area contributed by atoms with Gasteiger partial charge in [0, 0.05) is 6.42 Å². The number of esters is 1. The van der Waals surface area contributed by atoms with Gasteiger partial charge >= 0.3 is 5.97 Å². The molecule has 0 fully saturated rings. The molecule has 4 heteroatoms. The summed E-state index contributed by atoms with van der Waals surface area (Å²) in [6.45, 7) is 6.33. The number of rotatable bonds is 6. The summed E-state index contributed by atoms with van der Waals surface area (Å²) in [5, 5.41) is 0. The van der Waals surface area contributed by atoms with Gasteiger partial charge in [-0.15, -0.1) is 0 Å². The number of ketones is 2. The summed E-state index contributed by atoms with van der Waals surface area (Å²) in [6, 6.07) is 0. The van der Waals surface area contributed by atoms with Gasteiger partial charge in [0.15, 0.2) is 0 Å². The monoisotopic (exact) mass is 214 g/mol. The van der Waals surface area contributed by atoms with Gasteiger partial charge in [0.05, 0.1) is 12.0 Å². The number of Topliss-reactive ketones (excluding diaryl/α,β-unsaturated/α-hetero) is 2. The number of hydrogen-bond donors (Lipinski definition) is 0. The first-order chi connectivity index (χ1) is 6.84. The van der Waals surface area contributed by atoms with E-state index in [-0.39, 0.29) is 30.4 Å². The molecule has 0 saturated carbocycles. The molecule has 0 heterocycles. The van der Waals surface area contributed by atoms with E-state index in [9.17, 15) is 14.4 Å². The molecule has 0 amide bonds. The van der Waals surface area contributed by atoms with Crippen LogP contribution in [-0.2, 0) is 19.1 Å². The minimum Gasteiger partial charge on any atom is -0.466 e. The lowest BCUT2D eigenvalue weighted by Crippen LogP contribution is -2.34. The highest BCUT2D eigenvalue weighted by atomic mass is 16.5. The van der Waals surface area contributed by atoms with E-state index < -0.39 is 5.41 Å². The van der Waals surface area contributed by atoms with Crippen LogP contribution in [0.4, 0.5) is 0 Å². The summed E-state index contributed by atoms with van der Waals surface area (Å²) in [5.74, 6) is -0.787. The second-order valence-corrected chi connectivity index (χ2v) is 3.75. The fraction of sp³-hybridized carbons (Fsp3) is 0.727. The molecule has 4 nitrogen and oxygen atoms in total. The van der Waals surface area contributed by atoms with Crippen molar-refractivity contribution in [3.8, 4) is 0 Å². The van der Waals surface area contributed by atoms with Crippen LogP contribution in [-0.4, -0.2) is 24.1 Å². The third-order valence-electron chi connectivity index (χ3n) is 2.69. The van der Waals surface area contributed by atoms with Gasteiger partial charge in [-0.25, -0.2) is 0 Å².